The number of carbonyl (C=O) groups excluding carboxylic acids is 3. The van der Waals surface area contributed by atoms with Gasteiger partial charge in [0.05, 0.1) is 12.6 Å². The summed E-state index contributed by atoms with van der Waals surface area (Å²) in [5, 5.41) is 2.79. The van der Waals surface area contributed by atoms with Gasteiger partial charge in [0.25, 0.3) is 0 Å². The standard InChI is InChI=1S/C16H27N3O5/c1-16(2,3)24-15(22)19-7-6-18(14(21)11-19)10-13(20)17-9-12-5-4-8-23-12/h12H,4-11H2,1-3H3,(H,17,20)/t12-/m0/s1. The zero-order chi connectivity index (χ0) is 17.7. The van der Waals surface area contributed by atoms with Crippen molar-refractivity contribution >= 4 is 17.9 Å². The minimum atomic E-state index is -0.598. The average Bonchev–Trinajstić information content (AvgIpc) is 2.99. The van der Waals surface area contributed by atoms with Crippen LogP contribution >= 0.6 is 0 Å². The van der Waals surface area contributed by atoms with Crippen LogP contribution in [0.3, 0.4) is 0 Å². The molecule has 24 heavy (non-hydrogen) atoms. The normalized spacial score (nSPS) is 21.8. The molecule has 0 saturated carbocycles. The van der Waals surface area contributed by atoms with E-state index in [2.05, 4.69) is 5.32 Å². The van der Waals surface area contributed by atoms with Crippen LogP contribution in [0.4, 0.5) is 4.79 Å². The molecule has 1 atom stereocenters. The predicted octanol–water partition coefficient (Wildman–Crippen LogP) is 0.361. The number of carbonyl (C=O) groups is 3. The molecule has 0 aromatic carbocycles. The van der Waals surface area contributed by atoms with Gasteiger partial charge in [-0.25, -0.2) is 4.79 Å². The monoisotopic (exact) mass is 341 g/mol. The van der Waals surface area contributed by atoms with Crippen molar-refractivity contribution in [3.63, 3.8) is 0 Å². The first kappa shape index (κ1) is 18.5. The molecule has 0 radical (unpaired) electrons. The van der Waals surface area contributed by atoms with E-state index in [9.17, 15) is 14.4 Å². The fourth-order valence-electron chi connectivity index (χ4n) is 2.62. The van der Waals surface area contributed by atoms with Gasteiger partial charge in [-0.1, -0.05) is 0 Å². The van der Waals surface area contributed by atoms with Crippen molar-refractivity contribution in [3.05, 3.63) is 0 Å². The molecule has 8 heteroatoms. The van der Waals surface area contributed by atoms with Crippen molar-refractivity contribution in [2.75, 3.05) is 39.3 Å². The molecule has 3 amide bonds. The second-order valence-electron chi connectivity index (χ2n) is 7.16. The molecular weight excluding hydrogens is 314 g/mol. The molecule has 2 rings (SSSR count). The van der Waals surface area contributed by atoms with E-state index in [1.165, 1.54) is 9.80 Å². The number of hydrogen-bond acceptors (Lipinski definition) is 5. The van der Waals surface area contributed by atoms with Crippen molar-refractivity contribution in [3.8, 4) is 0 Å². The molecular formula is C16H27N3O5. The second-order valence-corrected chi connectivity index (χ2v) is 7.16. The molecule has 0 aromatic heterocycles. The van der Waals surface area contributed by atoms with E-state index in [1.807, 2.05) is 0 Å². The van der Waals surface area contributed by atoms with Crippen molar-refractivity contribution in [2.45, 2.75) is 45.3 Å². The third-order valence-corrected chi connectivity index (χ3v) is 3.86. The van der Waals surface area contributed by atoms with Crippen LogP contribution in [0.25, 0.3) is 0 Å². The van der Waals surface area contributed by atoms with Crippen molar-refractivity contribution < 1.29 is 23.9 Å². The molecule has 2 aliphatic heterocycles. The van der Waals surface area contributed by atoms with E-state index in [4.69, 9.17) is 9.47 Å². The van der Waals surface area contributed by atoms with Gasteiger partial charge < -0.3 is 19.7 Å². The Morgan fingerprint density at radius 3 is 2.67 bits per heavy atom. The maximum atomic E-state index is 12.1. The maximum Gasteiger partial charge on any atom is 0.410 e. The molecule has 0 unspecified atom stereocenters. The largest absolute Gasteiger partial charge is 0.444 e. The molecule has 136 valence electrons. The maximum absolute atomic E-state index is 12.1. The number of nitrogens with zero attached hydrogens (tertiary/aromatic N) is 2. The van der Waals surface area contributed by atoms with E-state index in [0.29, 0.717) is 19.6 Å². The van der Waals surface area contributed by atoms with Crippen LogP contribution < -0.4 is 5.32 Å². The Kier molecular flexibility index (Phi) is 6.04. The van der Waals surface area contributed by atoms with Gasteiger partial charge in [0, 0.05) is 26.2 Å². The van der Waals surface area contributed by atoms with Crippen LogP contribution in [-0.4, -0.2) is 78.7 Å². The Labute approximate surface area is 142 Å². The van der Waals surface area contributed by atoms with E-state index in [0.717, 1.165) is 19.4 Å². The number of rotatable bonds is 4. The van der Waals surface area contributed by atoms with Crippen molar-refractivity contribution in [2.24, 2.45) is 0 Å². The highest BCUT2D eigenvalue weighted by Gasteiger charge is 2.31. The van der Waals surface area contributed by atoms with Gasteiger partial charge in [-0.15, -0.1) is 0 Å². The molecule has 0 spiro atoms. The fourth-order valence-corrected chi connectivity index (χ4v) is 2.62. The number of nitrogens with one attached hydrogen (secondary N) is 1. The highest BCUT2D eigenvalue weighted by molar-refractivity contribution is 5.88. The number of hydrogen-bond donors (Lipinski definition) is 1. The Morgan fingerprint density at radius 2 is 2.08 bits per heavy atom. The predicted molar refractivity (Wildman–Crippen MR) is 86.4 cm³/mol. The molecule has 1 N–H and O–H groups in total. The summed E-state index contributed by atoms with van der Waals surface area (Å²) in [6.45, 7) is 7.19. The summed E-state index contributed by atoms with van der Waals surface area (Å²) < 4.78 is 10.7. The third-order valence-electron chi connectivity index (χ3n) is 3.86. The average molecular weight is 341 g/mol. The number of ether oxygens (including phenoxy) is 2. The van der Waals surface area contributed by atoms with Gasteiger partial charge in [-0.3, -0.25) is 14.5 Å². The van der Waals surface area contributed by atoms with Crippen molar-refractivity contribution in [1.29, 1.82) is 0 Å². The van der Waals surface area contributed by atoms with E-state index < -0.39 is 11.7 Å². The summed E-state index contributed by atoms with van der Waals surface area (Å²) >= 11 is 0. The van der Waals surface area contributed by atoms with Crippen LogP contribution in [0.1, 0.15) is 33.6 Å². The minimum Gasteiger partial charge on any atom is -0.444 e. The van der Waals surface area contributed by atoms with Gasteiger partial charge in [0.1, 0.15) is 12.1 Å². The molecule has 2 fully saturated rings. The SMILES string of the molecule is CC(C)(C)OC(=O)N1CCN(CC(=O)NC[C@@H]2CCCO2)C(=O)C1. The zero-order valence-corrected chi connectivity index (χ0v) is 14.7. The molecule has 2 saturated heterocycles. The first-order valence-electron chi connectivity index (χ1n) is 8.38. The molecule has 0 bridgehead atoms. The zero-order valence-electron chi connectivity index (χ0n) is 14.7. The van der Waals surface area contributed by atoms with Gasteiger partial charge in [-0.05, 0) is 33.6 Å². The lowest BCUT2D eigenvalue weighted by Gasteiger charge is -2.34. The Morgan fingerprint density at radius 1 is 1.33 bits per heavy atom. The summed E-state index contributed by atoms with van der Waals surface area (Å²) in [5.41, 5.74) is -0.598. The highest BCUT2D eigenvalue weighted by Crippen LogP contribution is 2.13. The van der Waals surface area contributed by atoms with E-state index in [1.54, 1.807) is 20.8 Å². The summed E-state index contributed by atoms with van der Waals surface area (Å²) in [6, 6.07) is 0. The summed E-state index contributed by atoms with van der Waals surface area (Å²) in [4.78, 5) is 38.9. The van der Waals surface area contributed by atoms with Crippen LogP contribution in [0.5, 0.6) is 0 Å². The summed E-state index contributed by atoms with van der Waals surface area (Å²) in [7, 11) is 0. The molecule has 2 aliphatic rings. The first-order valence-corrected chi connectivity index (χ1v) is 8.38. The number of piperazine rings is 1. The fraction of sp³-hybridized carbons (Fsp3) is 0.812. The first-order chi connectivity index (χ1) is 11.2. The molecule has 0 aliphatic carbocycles. The Balaban J connectivity index is 1.73. The van der Waals surface area contributed by atoms with Gasteiger partial charge in [-0.2, -0.15) is 0 Å². The smallest absolute Gasteiger partial charge is 0.410 e. The number of amides is 3. The van der Waals surface area contributed by atoms with E-state index >= 15 is 0 Å². The van der Waals surface area contributed by atoms with Gasteiger partial charge in [0.15, 0.2) is 0 Å². The van der Waals surface area contributed by atoms with Crippen LogP contribution in [0.15, 0.2) is 0 Å². The summed E-state index contributed by atoms with van der Waals surface area (Å²) in [6.07, 6.45) is 1.55. The van der Waals surface area contributed by atoms with Gasteiger partial charge >= 0.3 is 6.09 Å². The summed E-state index contributed by atoms with van der Waals surface area (Å²) in [5.74, 6) is -0.455. The lowest BCUT2D eigenvalue weighted by atomic mass is 10.2. The van der Waals surface area contributed by atoms with Crippen LogP contribution in [0.2, 0.25) is 0 Å². The second kappa shape index (κ2) is 7.83. The van der Waals surface area contributed by atoms with Gasteiger partial charge in [0.2, 0.25) is 11.8 Å². The quantitative estimate of drug-likeness (QED) is 0.798. The minimum absolute atomic E-state index is 0.00765. The van der Waals surface area contributed by atoms with E-state index in [-0.39, 0.29) is 31.0 Å². The topological polar surface area (TPSA) is 88.2 Å². The highest BCUT2D eigenvalue weighted by atomic mass is 16.6. The molecule has 8 nitrogen and oxygen atoms in total. The van der Waals surface area contributed by atoms with Crippen molar-refractivity contribution in [1.82, 2.24) is 15.1 Å². The van der Waals surface area contributed by atoms with Crippen LogP contribution in [0, 0.1) is 0 Å². The molecule has 0 aromatic rings. The third kappa shape index (κ3) is 5.67. The Hall–Kier alpha value is -1.83. The van der Waals surface area contributed by atoms with Crippen LogP contribution in [-0.2, 0) is 19.1 Å². The lowest BCUT2D eigenvalue weighted by molar-refractivity contribution is -0.140. The Bertz CT molecular complexity index is 483. The lowest BCUT2D eigenvalue weighted by Crippen LogP contribution is -2.55. The molecule has 2 heterocycles.